The van der Waals surface area contributed by atoms with Crippen molar-refractivity contribution in [3.63, 3.8) is 0 Å². The molecule has 106 valence electrons. The van der Waals surface area contributed by atoms with Crippen molar-refractivity contribution in [1.29, 1.82) is 0 Å². The molecule has 2 aromatic rings. The number of benzene rings is 1. The van der Waals surface area contributed by atoms with E-state index in [1.807, 2.05) is 24.2 Å². The summed E-state index contributed by atoms with van der Waals surface area (Å²) in [5.41, 5.74) is 3.41. The van der Waals surface area contributed by atoms with Crippen LogP contribution in [0.3, 0.4) is 0 Å². The third kappa shape index (κ3) is 3.50. The van der Waals surface area contributed by atoms with E-state index in [9.17, 15) is 0 Å². The molecule has 0 aliphatic heterocycles. The molecule has 0 bridgehead atoms. The lowest BCUT2D eigenvalue weighted by molar-refractivity contribution is 0.724. The lowest BCUT2D eigenvalue weighted by atomic mass is 10.2. The fraction of sp³-hybridized carbons (Fsp3) is 0.312. The zero-order valence-corrected chi connectivity index (χ0v) is 12.9. The predicted octanol–water partition coefficient (Wildman–Crippen LogP) is 3.92. The average Bonchev–Trinajstić information content (AvgIpc) is 2.45. The number of hydrogen-bond acceptors (Lipinski definition) is 3. The van der Waals surface area contributed by atoms with E-state index < -0.39 is 0 Å². The van der Waals surface area contributed by atoms with Gasteiger partial charge in [-0.1, -0.05) is 36.2 Å². The smallest absolute Gasteiger partial charge is 0.151 e. The average molecular weight is 290 g/mol. The second-order valence-corrected chi connectivity index (χ2v) is 5.23. The Hall–Kier alpha value is -1.58. The number of nitrogens with zero attached hydrogens (tertiary/aromatic N) is 2. The van der Waals surface area contributed by atoms with Gasteiger partial charge in [-0.25, -0.2) is 4.98 Å². The van der Waals surface area contributed by atoms with Gasteiger partial charge in [0.25, 0.3) is 0 Å². The highest BCUT2D eigenvalue weighted by Gasteiger charge is 2.10. The van der Waals surface area contributed by atoms with Gasteiger partial charge in [-0.15, -0.1) is 0 Å². The molecule has 0 amide bonds. The number of aromatic nitrogens is 1. The molecule has 0 aliphatic carbocycles. The number of hydrogen-bond donors (Lipinski definition) is 1. The van der Waals surface area contributed by atoms with E-state index in [1.54, 1.807) is 0 Å². The summed E-state index contributed by atoms with van der Waals surface area (Å²) < 4.78 is 0. The van der Waals surface area contributed by atoms with E-state index in [0.717, 1.165) is 30.2 Å². The van der Waals surface area contributed by atoms with Crippen molar-refractivity contribution >= 4 is 23.1 Å². The van der Waals surface area contributed by atoms with Gasteiger partial charge >= 0.3 is 0 Å². The van der Waals surface area contributed by atoms with E-state index in [2.05, 4.69) is 48.4 Å². The number of pyridine rings is 1. The van der Waals surface area contributed by atoms with Gasteiger partial charge in [0.2, 0.25) is 0 Å². The van der Waals surface area contributed by atoms with Crippen LogP contribution >= 0.6 is 11.6 Å². The first-order valence-corrected chi connectivity index (χ1v) is 7.15. The van der Waals surface area contributed by atoms with Gasteiger partial charge in [0.1, 0.15) is 0 Å². The molecule has 0 unspecified atom stereocenters. The third-order valence-corrected chi connectivity index (χ3v) is 3.47. The molecule has 1 aromatic heterocycles. The first-order chi connectivity index (χ1) is 9.61. The molecule has 1 aromatic carbocycles. The number of anilines is 2. The van der Waals surface area contributed by atoms with E-state index in [-0.39, 0.29) is 0 Å². The normalized spacial score (nSPS) is 10.6. The molecule has 0 saturated heterocycles. The second kappa shape index (κ2) is 6.73. The van der Waals surface area contributed by atoms with Gasteiger partial charge in [-0.2, -0.15) is 0 Å². The Balaban J connectivity index is 2.21. The number of nitrogens with one attached hydrogen (secondary N) is 1. The number of aryl methyl sites for hydroxylation is 1. The van der Waals surface area contributed by atoms with Crippen LogP contribution in [0.15, 0.2) is 36.5 Å². The van der Waals surface area contributed by atoms with Gasteiger partial charge in [0.05, 0.1) is 5.02 Å². The van der Waals surface area contributed by atoms with Gasteiger partial charge in [-0.3, -0.25) is 0 Å². The molecule has 4 heteroatoms. The fourth-order valence-electron chi connectivity index (χ4n) is 1.97. The lowest BCUT2D eigenvalue weighted by Crippen LogP contribution is -2.14. The molecule has 20 heavy (non-hydrogen) atoms. The standard InChI is InChI=1S/C16H20ClN3/c1-4-18-10-13-9-15(17)16(19-11-13)20(3)14-7-5-12(2)6-8-14/h5-9,11,18H,4,10H2,1-3H3. The summed E-state index contributed by atoms with van der Waals surface area (Å²) in [6.07, 6.45) is 1.87. The van der Waals surface area contributed by atoms with Gasteiger partial charge in [0, 0.05) is 25.5 Å². The first kappa shape index (κ1) is 14.8. The molecule has 0 saturated carbocycles. The Morgan fingerprint density at radius 1 is 1.25 bits per heavy atom. The van der Waals surface area contributed by atoms with Crippen LogP contribution < -0.4 is 10.2 Å². The molecule has 0 radical (unpaired) electrons. The largest absolute Gasteiger partial charge is 0.328 e. The van der Waals surface area contributed by atoms with Crippen LogP contribution in [0, 0.1) is 6.92 Å². The molecule has 2 rings (SSSR count). The summed E-state index contributed by atoms with van der Waals surface area (Å²) in [5, 5.41) is 3.94. The van der Waals surface area contributed by atoms with E-state index in [4.69, 9.17) is 11.6 Å². The van der Waals surface area contributed by atoms with Crippen LogP contribution in [0.25, 0.3) is 0 Å². The molecule has 1 heterocycles. The van der Waals surface area contributed by atoms with Crippen molar-refractivity contribution in [3.05, 3.63) is 52.7 Å². The van der Waals surface area contributed by atoms with Crippen molar-refractivity contribution in [2.45, 2.75) is 20.4 Å². The van der Waals surface area contributed by atoms with Crippen LogP contribution in [0.1, 0.15) is 18.1 Å². The van der Waals surface area contributed by atoms with Crippen LogP contribution in [0.2, 0.25) is 5.02 Å². The highest BCUT2D eigenvalue weighted by molar-refractivity contribution is 6.33. The fourth-order valence-corrected chi connectivity index (χ4v) is 2.29. The van der Waals surface area contributed by atoms with Crippen LogP contribution in [0.4, 0.5) is 11.5 Å². The number of rotatable bonds is 5. The maximum Gasteiger partial charge on any atom is 0.151 e. The van der Waals surface area contributed by atoms with Gasteiger partial charge in [-0.05, 0) is 37.2 Å². The summed E-state index contributed by atoms with van der Waals surface area (Å²) in [7, 11) is 1.98. The summed E-state index contributed by atoms with van der Waals surface area (Å²) in [6, 6.07) is 10.3. The Bertz CT molecular complexity index is 566. The number of halogens is 1. The third-order valence-electron chi connectivity index (χ3n) is 3.20. The van der Waals surface area contributed by atoms with E-state index >= 15 is 0 Å². The highest BCUT2D eigenvalue weighted by Crippen LogP contribution is 2.29. The van der Waals surface area contributed by atoms with Crippen molar-refractivity contribution in [1.82, 2.24) is 10.3 Å². The quantitative estimate of drug-likeness (QED) is 0.904. The molecule has 1 N–H and O–H groups in total. The maximum atomic E-state index is 6.35. The molecular formula is C16H20ClN3. The molecule has 0 fully saturated rings. The molecule has 0 atom stereocenters. The minimum Gasteiger partial charge on any atom is -0.328 e. The SMILES string of the molecule is CCNCc1cnc(N(C)c2ccc(C)cc2)c(Cl)c1. The maximum absolute atomic E-state index is 6.35. The van der Waals surface area contributed by atoms with Crippen molar-refractivity contribution < 1.29 is 0 Å². The topological polar surface area (TPSA) is 28.2 Å². The summed E-state index contributed by atoms with van der Waals surface area (Å²) in [6.45, 7) is 5.87. The summed E-state index contributed by atoms with van der Waals surface area (Å²) >= 11 is 6.35. The Morgan fingerprint density at radius 2 is 1.95 bits per heavy atom. The zero-order valence-electron chi connectivity index (χ0n) is 12.2. The zero-order chi connectivity index (χ0) is 14.5. The van der Waals surface area contributed by atoms with Crippen LogP contribution in [-0.2, 0) is 6.54 Å². The van der Waals surface area contributed by atoms with E-state index in [0.29, 0.717) is 5.02 Å². The van der Waals surface area contributed by atoms with Crippen LogP contribution in [-0.4, -0.2) is 18.6 Å². The Labute approximate surface area is 125 Å². The summed E-state index contributed by atoms with van der Waals surface area (Å²) in [4.78, 5) is 6.48. The minimum absolute atomic E-state index is 0.670. The molecule has 0 spiro atoms. The van der Waals surface area contributed by atoms with Gasteiger partial charge < -0.3 is 10.2 Å². The highest BCUT2D eigenvalue weighted by atomic mass is 35.5. The minimum atomic E-state index is 0.670. The van der Waals surface area contributed by atoms with Crippen molar-refractivity contribution in [2.75, 3.05) is 18.5 Å². The molecular weight excluding hydrogens is 270 g/mol. The van der Waals surface area contributed by atoms with Crippen molar-refractivity contribution in [3.8, 4) is 0 Å². The monoisotopic (exact) mass is 289 g/mol. The Kier molecular flexibility index (Phi) is 4.99. The van der Waals surface area contributed by atoms with Gasteiger partial charge in [0.15, 0.2) is 5.82 Å². The molecule has 0 aliphatic rings. The summed E-state index contributed by atoms with van der Waals surface area (Å²) in [5.74, 6) is 0.774. The Morgan fingerprint density at radius 3 is 2.55 bits per heavy atom. The lowest BCUT2D eigenvalue weighted by Gasteiger charge is -2.20. The van der Waals surface area contributed by atoms with Crippen molar-refractivity contribution in [2.24, 2.45) is 0 Å². The van der Waals surface area contributed by atoms with E-state index in [1.165, 1.54) is 5.56 Å². The first-order valence-electron chi connectivity index (χ1n) is 6.77. The second-order valence-electron chi connectivity index (χ2n) is 4.82. The van der Waals surface area contributed by atoms with Crippen LogP contribution in [0.5, 0.6) is 0 Å². The molecule has 3 nitrogen and oxygen atoms in total. The predicted molar refractivity (Wildman–Crippen MR) is 85.9 cm³/mol.